The second kappa shape index (κ2) is 4.66. The molecule has 0 saturated heterocycles. The fourth-order valence-corrected chi connectivity index (χ4v) is 1.69. The lowest BCUT2D eigenvalue weighted by Crippen LogP contribution is -2.03. The predicted molar refractivity (Wildman–Crippen MR) is 53.8 cm³/mol. The minimum atomic E-state index is -1.07. The third-order valence-electron chi connectivity index (χ3n) is 1.80. The van der Waals surface area contributed by atoms with Gasteiger partial charge in [-0.1, -0.05) is 22.0 Å². The van der Waals surface area contributed by atoms with E-state index >= 15 is 0 Å². The Labute approximate surface area is 89.2 Å². The molecule has 1 nitrogen and oxygen atoms in total. The zero-order chi connectivity index (χ0) is 10.7. The minimum Gasteiger partial charge on any atom is -0.388 e. The molecule has 76 valence electrons. The molecule has 0 amide bonds. The van der Waals surface area contributed by atoms with E-state index < -0.39 is 17.7 Å². The Bertz CT molecular complexity index is 352. The molecule has 14 heavy (non-hydrogen) atoms. The van der Waals surface area contributed by atoms with Gasteiger partial charge in [0.05, 0.1) is 6.10 Å². The van der Waals surface area contributed by atoms with Gasteiger partial charge in [-0.05, 0) is 18.6 Å². The Morgan fingerprint density at radius 1 is 1.50 bits per heavy atom. The molecule has 1 rings (SSSR count). The molecule has 1 unspecified atom stereocenters. The summed E-state index contributed by atoms with van der Waals surface area (Å²) in [5, 5.41) is 9.50. The molecule has 1 N–H and O–H groups in total. The van der Waals surface area contributed by atoms with Crippen LogP contribution in [-0.2, 0) is 0 Å². The Morgan fingerprint density at radius 2 is 2.14 bits per heavy atom. The SMILES string of the molecule is C=CCC(O)c1c(Br)ccc(F)c1F. The minimum absolute atomic E-state index is 0.0649. The molecule has 0 heterocycles. The number of hydrogen-bond donors (Lipinski definition) is 1. The van der Waals surface area contributed by atoms with Gasteiger partial charge in [-0.2, -0.15) is 0 Å². The fraction of sp³-hybridized carbons (Fsp3) is 0.200. The summed E-state index contributed by atoms with van der Waals surface area (Å²) in [5.74, 6) is -1.99. The standard InChI is InChI=1S/C10H9BrF2O/c1-2-3-8(14)9-6(11)4-5-7(12)10(9)13/h2,4-5,8,14H,1,3H2. The van der Waals surface area contributed by atoms with Crippen LogP contribution in [0.1, 0.15) is 18.1 Å². The van der Waals surface area contributed by atoms with Crippen molar-refractivity contribution < 1.29 is 13.9 Å². The number of aliphatic hydroxyl groups excluding tert-OH is 1. The van der Waals surface area contributed by atoms with E-state index in [1.165, 1.54) is 12.1 Å². The van der Waals surface area contributed by atoms with E-state index in [2.05, 4.69) is 22.5 Å². The third-order valence-corrected chi connectivity index (χ3v) is 2.49. The molecule has 0 aliphatic heterocycles. The summed E-state index contributed by atoms with van der Waals surface area (Å²) in [4.78, 5) is 0. The smallest absolute Gasteiger partial charge is 0.165 e. The van der Waals surface area contributed by atoms with Crippen molar-refractivity contribution in [3.8, 4) is 0 Å². The van der Waals surface area contributed by atoms with Gasteiger partial charge in [0, 0.05) is 10.0 Å². The number of hydrogen-bond acceptors (Lipinski definition) is 1. The van der Waals surface area contributed by atoms with Crippen molar-refractivity contribution in [2.75, 3.05) is 0 Å². The van der Waals surface area contributed by atoms with Gasteiger partial charge in [0.2, 0.25) is 0 Å². The first-order valence-corrected chi connectivity index (χ1v) is 4.79. The Balaban J connectivity index is 3.17. The summed E-state index contributed by atoms with van der Waals surface area (Å²) in [6, 6.07) is 2.36. The van der Waals surface area contributed by atoms with Crippen molar-refractivity contribution in [3.63, 3.8) is 0 Å². The van der Waals surface area contributed by atoms with E-state index in [9.17, 15) is 13.9 Å². The van der Waals surface area contributed by atoms with E-state index in [1.54, 1.807) is 0 Å². The van der Waals surface area contributed by atoms with E-state index in [4.69, 9.17) is 0 Å². The topological polar surface area (TPSA) is 20.2 Å². The van der Waals surface area contributed by atoms with Crippen LogP contribution in [-0.4, -0.2) is 5.11 Å². The second-order valence-electron chi connectivity index (χ2n) is 2.80. The number of halogens is 3. The lowest BCUT2D eigenvalue weighted by atomic mass is 10.1. The highest BCUT2D eigenvalue weighted by Crippen LogP contribution is 2.29. The van der Waals surface area contributed by atoms with Gasteiger partial charge in [0.15, 0.2) is 11.6 Å². The number of aliphatic hydroxyl groups is 1. The number of benzene rings is 1. The van der Waals surface area contributed by atoms with Gasteiger partial charge >= 0.3 is 0 Å². The van der Waals surface area contributed by atoms with Crippen molar-refractivity contribution in [1.29, 1.82) is 0 Å². The molecule has 0 aliphatic carbocycles. The normalized spacial score (nSPS) is 12.6. The summed E-state index contributed by atoms with van der Waals surface area (Å²) in [5.41, 5.74) is -0.0649. The Hall–Kier alpha value is -0.740. The van der Waals surface area contributed by atoms with E-state index in [0.29, 0.717) is 4.47 Å². The quantitative estimate of drug-likeness (QED) is 0.655. The summed E-state index contributed by atoms with van der Waals surface area (Å²) in [6.45, 7) is 3.42. The first kappa shape index (κ1) is 11.3. The van der Waals surface area contributed by atoms with Gasteiger partial charge in [0.25, 0.3) is 0 Å². The van der Waals surface area contributed by atoms with Crippen LogP contribution >= 0.6 is 15.9 Å². The van der Waals surface area contributed by atoms with Crippen molar-refractivity contribution >= 4 is 15.9 Å². The zero-order valence-corrected chi connectivity index (χ0v) is 8.89. The molecule has 0 aliphatic rings. The van der Waals surface area contributed by atoms with Crippen LogP contribution in [0.2, 0.25) is 0 Å². The van der Waals surface area contributed by atoms with Crippen LogP contribution in [0.25, 0.3) is 0 Å². The molecule has 0 bridgehead atoms. The Kier molecular flexibility index (Phi) is 3.77. The highest BCUT2D eigenvalue weighted by molar-refractivity contribution is 9.10. The fourth-order valence-electron chi connectivity index (χ4n) is 1.12. The van der Waals surface area contributed by atoms with E-state index in [1.807, 2.05) is 0 Å². The van der Waals surface area contributed by atoms with Crippen LogP contribution in [0.15, 0.2) is 29.3 Å². The molecule has 0 spiro atoms. The van der Waals surface area contributed by atoms with Gasteiger partial charge in [0.1, 0.15) is 0 Å². The summed E-state index contributed by atoms with van der Waals surface area (Å²) >= 11 is 3.05. The maximum absolute atomic E-state index is 13.2. The van der Waals surface area contributed by atoms with Crippen LogP contribution in [0.3, 0.4) is 0 Å². The highest BCUT2D eigenvalue weighted by atomic mass is 79.9. The monoisotopic (exact) mass is 262 g/mol. The van der Waals surface area contributed by atoms with Crippen LogP contribution in [0.5, 0.6) is 0 Å². The summed E-state index contributed by atoms with van der Waals surface area (Å²) in [7, 11) is 0. The first-order valence-electron chi connectivity index (χ1n) is 4.00. The molecule has 1 aromatic rings. The zero-order valence-electron chi connectivity index (χ0n) is 7.30. The maximum Gasteiger partial charge on any atom is 0.165 e. The maximum atomic E-state index is 13.2. The Morgan fingerprint density at radius 3 is 2.71 bits per heavy atom. The lowest BCUT2D eigenvalue weighted by Gasteiger charge is -2.12. The third kappa shape index (κ3) is 2.19. The van der Waals surface area contributed by atoms with E-state index in [0.717, 1.165) is 6.07 Å². The van der Waals surface area contributed by atoms with Gasteiger partial charge < -0.3 is 5.11 Å². The predicted octanol–water partition coefficient (Wildman–Crippen LogP) is 3.34. The van der Waals surface area contributed by atoms with Crippen molar-refractivity contribution in [2.45, 2.75) is 12.5 Å². The molecular weight excluding hydrogens is 254 g/mol. The van der Waals surface area contributed by atoms with E-state index in [-0.39, 0.29) is 12.0 Å². The first-order chi connectivity index (χ1) is 6.57. The summed E-state index contributed by atoms with van der Waals surface area (Å²) < 4.78 is 26.4. The average molecular weight is 263 g/mol. The molecule has 1 aromatic carbocycles. The van der Waals surface area contributed by atoms with Crippen molar-refractivity contribution in [1.82, 2.24) is 0 Å². The molecule has 0 saturated carbocycles. The average Bonchev–Trinajstić information content (AvgIpc) is 2.13. The molecule has 4 heteroatoms. The van der Waals surface area contributed by atoms with Gasteiger partial charge in [-0.25, -0.2) is 8.78 Å². The molecule has 0 radical (unpaired) electrons. The number of rotatable bonds is 3. The highest BCUT2D eigenvalue weighted by Gasteiger charge is 2.18. The largest absolute Gasteiger partial charge is 0.388 e. The second-order valence-corrected chi connectivity index (χ2v) is 3.65. The van der Waals surface area contributed by atoms with Crippen LogP contribution in [0.4, 0.5) is 8.78 Å². The van der Waals surface area contributed by atoms with Gasteiger partial charge in [-0.3, -0.25) is 0 Å². The van der Waals surface area contributed by atoms with Crippen molar-refractivity contribution in [2.24, 2.45) is 0 Å². The molecular formula is C10H9BrF2O. The molecule has 0 aromatic heterocycles. The lowest BCUT2D eigenvalue weighted by molar-refractivity contribution is 0.174. The van der Waals surface area contributed by atoms with Crippen molar-refractivity contribution in [3.05, 3.63) is 46.5 Å². The summed E-state index contributed by atoms with van der Waals surface area (Å²) in [6.07, 6.45) is 0.554. The van der Waals surface area contributed by atoms with Crippen LogP contribution < -0.4 is 0 Å². The van der Waals surface area contributed by atoms with Crippen LogP contribution in [0, 0.1) is 11.6 Å². The van der Waals surface area contributed by atoms with Gasteiger partial charge in [-0.15, -0.1) is 6.58 Å². The molecule has 0 fully saturated rings. The molecule has 1 atom stereocenters.